The Kier molecular flexibility index (Phi) is 3.58. The molecular weight excluding hydrogens is 206 g/mol. The number of hydrogen-bond donors (Lipinski definition) is 2. The molecule has 1 aliphatic heterocycles. The highest BCUT2D eigenvalue weighted by Gasteiger charge is 2.23. The summed E-state index contributed by atoms with van der Waals surface area (Å²) < 4.78 is 5.18. The summed E-state index contributed by atoms with van der Waals surface area (Å²) in [6.07, 6.45) is 2.06. The number of carbonyl (C=O) groups is 1. The van der Waals surface area contributed by atoms with Crippen molar-refractivity contribution in [2.75, 3.05) is 26.2 Å². The molecule has 1 amide bonds. The average Bonchev–Trinajstić information content (AvgIpc) is 2.82. The predicted molar refractivity (Wildman–Crippen MR) is 59.8 cm³/mol. The van der Waals surface area contributed by atoms with E-state index < -0.39 is 6.04 Å². The van der Waals surface area contributed by atoms with Crippen LogP contribution in [0, 0.1) is 0 Å². The summed E-state index contributed by atoms with van der Waals surface area (Å²) in [6, 6.07) is 3.15. The zero-order chi connectivity index (χ0) is 11.4. The molecule has 1 unspecified atom stereocenters. The molecule has 16 heavy (non-hydrogen) atoms. The van der Waals surface area contributed by atoms with Crippen molar-refractivity contribution in [1.29, 1.82) is 0 Å². The van der Waals surface area contributed by atoms with Gasteiger partial charge in [-0.1, -0.05) is 0 Å². The molecule has 1 saturated heterocycles. The number of amides is 1. The van der Waals surface area contributed by atoms with Gasteiger partial charge in [-0.05, 0) is 12.1 Å². The molecule has 0 radical (unpaired) electrons. The quantitative estimate of drug-likeness (QED) is 0.730. The van der Waals surface area contributed by atoms with Gasteiger partial charge in [0.15, 0.2) is 0 Å². The van der Waals surface area contributed by atoms with Crippen molar-refractivity contribution in [3.8, 4) is 0 Å². The Hall–Kier alpha value is -1.33. The number of nitrogens with one attached hydrogen (secondary N) is 1. The number of piperazine rings is 1. The lowest BCUT2D eigenvalue weighted by molar-refractivity contribution is -0.133. The summed E-state index contributed by atoms with van der Waals surface area (Å²) in [6.45, 7) is 3.17. The number of hydrogen-bond acceptors (Lipinski definition) is 4. The van der Waals surface area contributed by atoms with Crippen LogP contribution < -0.4 is 11.1 Å². The summed E-state index contributed by atoms with van der Waals surface area (Å²) >= 11 is 0. The molecule has 2 heterocycles. The van der Waals surface area contributed by atoms with Crippen molar-refractivity contribution in [3.05, 3.63) is 24.2 Å². The van der Waals surface area contributed by atoms with Gasteiger partial charge in [-0.3, -0.25) is 4.79 Å². The lowest BCUT2D eigenvalue weighted by atomic mass is 10.1. The average molecular weight is 223 g/mol. The van der Waals surface area contributed by atoms with Gasteiger partial charge in [-0.15, -0.1) is 0 Å². The molecule has 5 heteroatoms. The first-order valence-corrected chi connectivity index (χ1v) is 5.55. The van der Waals surface area contributed by atoms with E-state index in [0.717, 1.165) is 31.9 Å². The van der Waals surface area contributed by atoms with E-state index in [9.17, 15) is 4.79 Å². The fourth-order valence-electron chi connectivity index (χ4n) is 1.85. The number of nitrogens with zero attached hydrogens (tertiary/aromatic N) is 1. The van der Waals surface area contributed by atoms with Gasteiger partial charge in [-0.25, -0.2) is 0 Å². The maximum Gasteiger partial charge on any atom is 0.240 e. The smallest absolute Gasteiger partial charge is 0.240 e. The Labute approximate surface area is 94.6 Å². The summed E-state index contributed by atoms with van der Waals surface area (Å²) in [4.78, 5) is 13.8. The Bertz CT molecular complexity index is 331. The van der Waals surface area contributed by atoms with Crippen LogP contribution in [0.15, 0.2) is 22.8 Å². The van der Waals surface area contributed by atoms with E-state index in [0.29, 0.717) is 6.42 Å². The molecule has 1 atom stereocenters. The van der Waals surface area contributed by atoms with Gasteiger partial charge < -0.3 is 20.4 Å². The van der Waals surface area contributed by atoms with Crippen molar-refractivity contribution in [2.24, 2.45) is 5.73 Å². The number of furan rings is 1. The van der Waals surface area contributed by atoms with Crippen molar-refractivity contribution in [1.82, 2.24) is 10.2 Å². The number of rotatable bonds is 3. The fraction of sp³-hybridized carbons (Fsp3) is 0.545. The monoisotopic (exact) mass is 223 g/mol. The van der Waals surface area contributed by atoms with Crippen LogP contribution in [-0.4, -0.2) is 43.0 Å². The maximum absolute atomic E-state index is 12.0. The molecule has 0 saturated carbocycles. The highest BCUT2D eigenvalue weighted by molar-refractivity contribution is 5.82. The summed E-state index contributed by atoms with van der Waals surface area (Å²) in [5.74, 6) is 0.772. The first kappa shape index (κ1) is 11.2. The molecule has 0 aliphatic carbocycles. The molecule has 1 aromatic rings. The van der Waals surface area contributed by atoms with Crippen molar-refractivity contribution in [3.63, 3.8) is 0 Å². The van der Waals surface area contributed by atoms with Crippen LogP contribution in [0.3, 0.4) is 0 Å². The van der Waals surface area contributed by atoms with E-state index in [-0.39, 0.29) is 5.91 Å². The third-order valence-corrected chi connectivity index (χ3v) is 2.75. The molecule has 0 aromatic carbocycles. The topological polar surface area (TPSA) is 71.5 Å². The summed E-state index contributed by atoms with van der Waals surface area (Å²) in [7, 11) is 0. The molecular formula is C11H17N3O2. The van der Waals surface area contributed by atoms with Crippen LogP contribution in [0.25, 0.3) is 0 Å². The first-order valence-electron chi connectivity index (χ1n) is 5.55. The largest absolute Gasteiger partial charge is 0.469 e. The second-order valence-electron chi connectivity index (χ2n) is 3.97. The van der Waals surface area contributed by atoms with Crippen molar-refractivity contribution < 1.29 is 9.21 Å². The Morgan fingerprint density at radius 1 is 1.56 bits per heavy atom. The number of carbonyl (C=O) groups excluding carboxylic acids is 1. The van der Waals surface area contributed by atoms with Gasteiger partial charge in [0.25, 0.3) is 0 Å². The van der Waals surface area contributed by atoms with E-state index in [1.165, 1.54) is 0 Å². The molecule has 0 bridgehead atoms. The van der Waals surface area contributed by atoms with E-state index in [2.05, 4.69) is 5.32 Å². The highest BCUT2D eigenvalue weighted by atomic mass is 16.3. The van der Waals surface area contributed by atoms with Crippen LogP contribution >= 0.6 is 0 Å². The minimum atomic E-state index is -0.496. The van der Waals surface area contributed by atoms with E-state index in [1.807, 2.05) is 11.0 Å². The van der Waals surface area contributed by atoms with Crippen LogP contribution in [0.2, 0.25) is 0 Å². The summed E-state index contributed by atoms with van der Waals surface area (Å²) in [5, 5.41) is 3.20. The molecule has 88 valence electrons. The third-order valence-electron chi connectivity index (χ3n) is 2.75. The van der Waals surface area contributed by atoms with Crippen molar-refractivity contribution >= 4 is 5.91 Å². The lowest BCUT2D eigenvalue weighted by Gasteiger charge is -2.29. The van der Waals surface area contributed by atoms with Gasteiger partial charge in [0, 0.05) is 32.6 Å². The van der Waals surface area contributed by atoms with E-state index in [1.54, 1.807) is 12.3 Å². The van der Waals surface area contributed by atoms with Crippen LogP contribution in [0.1, 0.15) is 5.76 Å². The molecule has 1 aromatic heterocycles. The van der Waals surface area contributed by atoms with Gasteiger partial charge >= 0.3 is 0 Å². The number of nitrogens with two attached hydrogens (primary N) is 1. The predicted octanol–water partition coefficient (Wildman–Crippen LogP) is -0.419. The fourth-order valence-corrected chi connectivity index (χ4v) is 1.85. The maximum atomic E-state index is 12.0. The van der Waals surface area contributed by atoms with Crippen LogP contribution in [-0.2, 0) is 11.2 Å². The zero-order valence-corrected chi connectivity index (χ0v) is 9.19. The van der Waals surface area contributed by atoms with E-state index in [4.69, 9.17) is 10.2 Å². The van der Waals surface area contributed by atoms with Crippen LogP contribution in [0.4, 0.5) is 0 Å². The van der Waals surface area contributed by atoms with Gasteiger partial charge in [0.1, 0.15) is 5.76 Å². The second kappa shape index (κ2) is 5.14. The molecule has 1 fully saturated rings. The lowest BCUT2D eigenvalue weighted by Crippen LogP contribution is -2.52. The summed E-state index contributed by atoms with van der Waals surface area (Å²) in [5.41, 5.74) is 5.87. The first-order chi connectivity index (χ1) is 7.77. The van der Waals surface area contributed by atoms with Crippen LogP contribution in [0.5, 0.6) is 0 Å². The van der Waals surface area contributed by atoms with Crippen molar-refractivity contribution in [2.45, 2.75) is 12.5 Å². The molecule has 2 rings (SSSR count). The zero-order valence-electron chi connectivity index (χ0n) is 9.19. The normalized spacial score (nSPS) is 18.4. The third kappa shape index (κ3) is 2.62. The standard InChI is InChI=1S/C11H17N3O2/c12-10(8-9-2-1-7-16-9)11(15)14-5-3-13-4-6-14/h1-2,7,10,13H,3-6,8,12H2. The van der Waals surface area contributed by atoms with Gasteiger partial charge in [0.05, 0.1) is 12.3 Å². The minimum Gasteiger partial charge on any atom is -0.469 e. The molecule has 3 N–H and O–H groups in total. The second-order valence-corrected chi connectivity index (χ2v) is 3.97. The highest BCUT2D eigenvalue weighted by Crippen LogP contribution is 2.05. The molecule has 5 nitrogen and oxygen atoms in total. The minimum absolute atomic E-state index is 0.0119. The van der Waals surface area contributed by atoms with Gasteiger partial charge in [0.2, 0.25) is 5.91 Å². The Balaban J connectivity index is 1.88. The van der Waals surface area contributed by atoms with E-state index >= 15 is 0 Å². The Morgan fingerprint density at radius 2 is 2.31 bits per heavy atom. The SMILES string of the molecule is NC(Cc1ccco1)C(=O)N1CCNCC1. The molecule has 1 aliphatic rings. The Morgan fingerprint density at radius 3 is 2.94 bits per heavy atom. The van der Waals surface area contributed by atoms with Gasteiger partial charge in [-0.2, -0.15) is 0 Å². The molecule has 0 spiro atoms.